The van der Waals surface area contributed by atoms with E-state index in [4.69, 9.17) is 5.73 Å². The van der Waals surface area contributed by atoms with E-state index in [1.54, 1.807) is 0 Å². The van der Waals surface area contributed by atoms with Crippen LogP contribution in [-0.2, 0) is 0 Å². The zero-order valence-electron chi connectivity index (χ0n) is 12.9. The Morgan fingerprint density at radius 1 is 1.32 bits per heavy atom. The predicted octanol–water partition coefficient (Wildman–Crippen LogP) is 1.91. The molecule has 1 unspecified atom stereocenters. The minimum atomic E-state index is 0.351. The monoisotopic (exact) mass is 266 g/mol. The lowest BCUT2D eigenvalue weighted by atomic mass is 10.0. The van der Waals surface area contributed by atoms with E-state index >= 15 is 0 Å². The molecule has 0 saturated carbocycles. The number of hydrogen-bond donors (Lipinski definition) is 1. The maximum Gasteiger partial charge on any atom is 0.191 e. The van der Waals surface area contributed by atoms with Gasteiger partial charge in [-0.3, -0.25) is 9.89 Å². The topological polar surface area (TPSA) is 44.9 Å². The van der Waals surface area contributed by atoms with E-state index in [1.165, 1.54) is 32.2 Å². The Balaban J connectivity index is 1.78. The molecule has 2 rings (SSSR count). The molecule has 0 bridgehead atoms. The van der Waals surface area contributed by atoms with E-state index in [0.717, 1.165) is 38.1 Å². The van der Waals surface area contributed by atoms with Crippen LogP contribution in [0.15, 0.2) is 4.99 Å². The minimum Gasteiger partial charge on any atom is -0.370 e. The zero-order chi connectivity index (χ0) is 13.9. The number of likely N-dealkylation sites (tertiary alicyclic amines) is 2. The summed E-state index contributed by atoms with van der Waals surface area (Å²) in [6.45, 7) is 12.2. The van der Waals surface area contributed by atoms with Crippen molar-refractivity contribution in [3.05, 3.63) is 0 Å². The van der Waals surface area contributed by atoms with Gasteiger partial charge in [0.1, 0.15) is 0 Å². The molecule has 110 valence electrons. The van der Waals surface area contributed by atoms with Crippen molar-refractivity contribution in [2.24, 2.45) is 16.6 Å². The summed E-state index contributed by atoms with van der Waals surface area (Å²) in [4.78, 5) is 9.39. The van der Waals surface area contributed by atoms with Crippen molar-refractivity contribution in [3.8, 4) is 0 Å². The van der Waals surface area contributed by atoms with E-state index < -0.39 is 0 Å². The number of nitrogens with two attached hydrogens (primary N) is 1. The summed E-state index contributed by atoms with van der Waals surface area (Å²) in [6, 6.07) is 0. The maximum absolute atomic E-state index is 6.12. The van der Waals surface area contributed by atoms with Gasteiger partial charge in [-0.2, -0.15) is 0 Å². The number of hydrogen-bond acceptors (Lipinski definition) is 2. The largest absolute Gasteiger partial charge is 0.370 e. The highest BCUT2D eigenvalue weighted by atomic mass is 15.3. The van der Waals surface area contributed by atoms with E-state index in [2.05, 4.69) is 35.6 Å². The molecule has 4 nitrogen and oxygen atoms in total. The van der Waals surface area contributed by atoms with Crippen LogP contribution >= 0.6 is 0 Å². The van der Waals surface area contributed by atoms with Gasteiger partial charge in [0.05, 0.1) is 6.54 Å². The lowest BCUT2D eigenvalue weighted by molar-refractivity contribution is 0.180. The van der Waals surface area contributed by atoms with Crippen LogP contribution in [0.4, 0.5) is 0 Å². The number of guanidine groups is 1. The van der Waals surface area contributed by atoms with Crippen molar-refractivity contribution >= 4 is 5.96 Å². The summed E-state index contributed by atoms with van der Waals surface area (Å²) < 4.78 is 0. The Hall–Kier alpha value is -0.770. The third kappa shape index (κ3) is 3.85. The molecule has 2 N–H and O–H groups in total. The van der Waals surface area contributed by atoms with Crippen molar-refractivity contribution < 1.29 is 0 Å². The van der Waals surface area contributed by atoms with Gasteiger partial charge in [-0.05, 0) is 52.0 Å². The van der Waals surface area contributed by atoms with Gasteiger partial charge in [0, 0.05) is 25.2 Å². The fourth-order valence-electron chi connectivity index (χ4n) is 3.36. The summed E-state index contributed by atoms with van der Waals surface area (Å²) in [5.41, 5.74) is 6.47. The van der Waals surface area contributed by atoms with Crippen LogP contribution in [0.25, 0.3) is 0 Å². The van der Waals surface area contributed by atoms with Crippen molar-refractivity contribution in [1.29, 1.82) is 0 Å². The fraction of sp³-hybridized carbons (Fsp3) is 0.933. The smallest absolute Gasteiger partial charge is 0.191 e. The van der Waals surface area contributed by atoms with Crippen LogP contribution in [0.2, 0.25) is 0 Å². The molecule has 2 aliphatic heterocycles. The first kappa shape index (κ1) is 14.6. The Morgan fingerprint density at radius 2 is 2.11 bits per heavy atom. The highest BCUT2D eigenvalue weighted by Gasteiger charge is 2.31. The van der Waals surface area contributed by atoms with Gasteiger partial charge >= 0.3 is 0 Å². The molecule has 1 atom stereocenters. The lowest BCUT2D eigenvalue weighted by Crippen LogP contribution is -2.44. The molecule has 0 amide bonds. The van der Waals surface area contributed by atoms with Gasteiger partial charge in [-0.1, -0.05) is 6.92 Å². The predicted molar refractivity (Wildman–Crippen MR) is 81.3 cm³/mol. The maximum atomic E-state index is 6.12. The number of nitrogens with zero attached hydrogens (tertiary/aromatic N) is 3. The van der Waals surface area contributed by atoms with E-state index in [-0.39, 0.29) is 0 Å². The van der Waals surface area contributed by atoms with E-state index in [9.17, 15) is 0 Å². The fourth-order valence-corrected chi connectivity index (χ4v) is 3.36. The molecule has 19 heavy (non-hydrogen) atoms. The lowest BCUT2D eigenvalue weighted by Gasteiger charge is -2.32. The molecule has 4 heteroatoms. The third-order valence-corrected chi connectivity index (χ3v) is 4.70. The number of piperidine rings is 1. The van der Waals surface area contributed by atoms with Crippen LogP contribution in [0.3, 0.4) is 0 Å². The molecule has 0 spiro atoms. The van der Waals surface area contributed by atoms with E-state index in [0.29, 0.717) is 5.54 Å². The molecule has 0 aromatic heterocycles. The second kappa shape index (κ2) is 6.12. The van der Waals surface area contributed by atoms with Gasteiger partial charge in [-0.15, -0.1) is 0 Å². The first-order valence-corrected chi connectivity index (χ1v) is 7.79. The normalized spacial score (nSPS) is 28.9. The zero-order valence-corrected chi connectivity index (χ0v) is 12.9. The van der Waals surface area contributed by atoms with Gasteiger partial charge in [0.25, 0.3) is 0 Å². The Morgan fingerprint density at radius 3 is 2.74 bits per heavy atom. The SMILES string of the molecule is CC1CCCN(C(N)=NCCN2CCCC2(C)C)C1. The summed E-state index contributed by atoms with van der Waals surface area (Å²) in [6.07, 6.45) is 5.19. The standard InChI is InChI=1S/C15H30N4/c1-13-6-4-9-18(12-13)14(16)17-8-11-19-10-5-7-15(19,2)3/h13H,4-12H2,1-3H3,(H2,16,17). The quantitative estimate of drug-likeness (QED) is 0.627. The molecule has 2 fully saturated rings. The van der Waals surface area contributed by atoms with E-state index in [1.807, 2.05) is 0 Å². The van der Waals surface area contributed by atoms with Gasteiger partial charge in [-0.25, -0.2) is 0 Å². The molecular weight excluding hydrogens is 236 g/mol. The third-order valence-electron chi connectivity index (χ3n) is 4.70. The highest BCUT2D eigenvalue weighted by molar-refractivity contribution is 5.78. The molecular formula is C15H30N4. The minimum absolute atomic E-state index is 0.351. The van der Waals surface area contributed by atoms with Gasteiger partial charge < -0.3 is 10.6 Å². The Labute approximate surface area is 118 Å². The summed E-state index contributed by atoms with van der Waals surface area (Å²) in [7, 11) is 0. The summed E-state index contributed by atoms with van der Waals surface area (Å²) >= 11 is 0. The molecule has 0 aliphatic carbocycles. The molecule has 2 aliphatic rings. The van der Waals surface area contributed by atoms with Crippen LogP contribution in [0, 0.1) is 5.92 Å². The average molecular weight is 266 g/mol. The van der Waals surface area contributed by atoms with Crippen LogP contribution in [0.5, 0.6) is 0 Å². The summed E-state index contributed by atoms with van der Waals surface area (Å²) in [5, 5.41) is 0. The molecule has 2 heterocycles. The Bertz CT molecular complexity index is 324. The second-order valence-electron chi connectivity index (χ2n) is 6.84. The molecule has 0 aromatic rings. The van der Waals surface area contributed by atoms with Crippen LogP contribution in [0.1, 0.15) is 46.5 Å². The van der Waals surface area contributed by atoms with Crippen LogP contribution in [-0.4, -0.2) is 54.0 Å². The second-order valence-corrected chi connectivity index (χ2v) is 6.84. The van der Waals surface area contributed by atoms with Crippen molar-refractivity contribution in [2.75, 3.05) is 32.7 Å². The first-order valence-electron chi connectivity index (χ1n) is 7.79. The molecule has 2 saturated heterocycles. The number of aliphatic imine (C=N–C) groups is 1. The van der Waals surface area contributed by atoms with Gasteiger partial charge in [0.2, 0.25) is 0 Å². The van der Waals surface area contributed by atoms with Crippen molar-refractivity contribution in [1.82, 2.24) is 9.80 Å². The van der Waals surface area contributed by atoms with Crippen molar-refractivity contribution in [2.45, 2.75) is 52.0 Å². The number of rotatable bonds is 3. The molecule has 0 radical (unpaired) electrons. The van der Waals surface area contributed by atoms with Crippen molar-refractivity contribution in [3.63, 3.8) is 0 Å². The van der Waals surface area contributed by atoms with Gasteiger partial charge in [0.15, 0.2) is 5.96 Å². The average Bonchev–Trinajstić information content (AvgIpc) is 2.69. The Kier molecular flexibility index (Phi) is 4.71. The molecule has 0 aromatic carbocycles. The highest BCUT2D eigenvalue weighted by Crippen LogP contribution is 2.27. The van der Waals surface area contributed by atoms with Crippen LogP contribution < -0.4 is 5.73 Å². The summed E-state index contributed by atoms with van der Waals surface area (Å²) in [5.74, 6) is 1.50. The first-order chi connectivity index (χ1) is 8.99.